The topological polar surface area (TPSA) is 164 Å². The second kappa shape index (κ2) is 40.3. The molecule has 12 nitrogen and oxygen atoms in total. The third-order valence-electron chi connectivity index (χ3n) is 7.91. The van der Waals surface area contributed by atoms with Gasteiger partial charge >= 0.3 is 76.7 Å². The Morgan fingerprint density at radius 1 is 0.716 bits per heavy atom. The Labute approximate surface area is 463 Å². The van der Waals surface area contributed by atoms with Crippen LogP contribution in [0.5, 0.6) is 11.5 Å². The fourth-order valence-electron chi connectivity index (χ4n) is 4.85. The van der Waals surface area contributed by atoms with Crippen molar-refractivity contribution in [3.05, 3.63) is 90.9 Å². The predicted molar refractivity (Wildman–Crippen MR) is 255 cm³/mol. The molecule has 3 rings (SSSR count). The summed E-state index contributed by atoms with van der Waals surface area (Å²) in [6.45, 7) is 21.2. The van der Waals surface area contributed by atoms with Crippen molar-refractivity contribution in [3.8, 4) is 11.5 Å². The van der Waals surface area contributed by atoms with Gasteiger partial charge in [-0.25, -0.2) is 72.4 Å². The van der Waals surface area contributed by atoms with Crippen molar-refractivity contribution in [1.29, 1.82) is 0 Å². The number of benzene rings is 2. The van der Waals surface area contributed by atoms with Crippen molar-refractivity contribution in [3.63, 3.8) is 0 Å². The zero-order chi connectivity index (χ0) is 57.5. The van der Waals surface area contributed by atoms with Crippen molar-refractivity contribution in [1.82, 2.24) is 0 Å². The molecule has 1 aliphatic heterocycles. The van der Waals surface area contributed by atoms with Gasteiger partial charge in [0, 0.05) is 31.6 Å². The summed E-state index contributed by atoms with van der Waals surface area (Å²) in [5.74, 6) is -7.91. The molecular formula is C45H60AlCl4F11MgO12. The Morgan fingerprint density at radius 3 is 1.39 bits per heavy atom. The molecule has 2 aromatic carbocycles. The summed E-state index contributed by atoms with van der Waals surface area (Å²) in [4.78, 5) is 42.8. The van der Waals surface area contributed by atoms with Crippen LogP contribution in [0.3, 0.4) is 0 Å². The summed E-state index contributed by atoms with van der Waals surface area (Å²) in [6, 6.07) is 9.26. The van der Waals surface area contributed by atoms with Gasteiger partial charge in [-0.2, -0.15) is 39.5 Å². The van der Waals surface area contributed by atoms with Crippen molar-refractivity contribution in [2.45, 2.75) is 109 Å². The van der Waals surface area contributed by atoms with Crippen molar-refractivity contribution in [2.24, 2.45) is 0 Å². The first-order valence-electron chi connectivity index (χ1n) is 20.7. The van der Waals surface area contributed by atoms with Gasteiger partial charge in [0.15, 0.2) is 0 Å². The van der Waals surface area contributed by atoms with E-state index in [-0.39, 0.29) is 78.0 Å². The molecule has 74 heavy (non-hydrogen) atoms. The normalized spacial score (nSPS) is 13.0. The number of ether oxygens (including phenoxy) is 6. The molecule has 0 aromatic heterocycles. The van der Waals surface area contributed by atoms with Crippen molar-refractivity contribution >= 4 is 88.3 Å². The first-order valence-corrected chi connectivity index (χ1v) is 25.9. The number of hydrogen-bond acceptors (Lipinski definition) is 12. The molecule has 2 N–H and O–H groups in total. The number of halogens is 15. The average Bonchev–Trinajstić information content (AvgIpc) is 3.84. The Morgan fingerprint density at radius 2 is 1.09 bits per heavy atom. The van der Waals surface area contributed by atoms with E-state index >= 15 is 0 Å². The maximum atomic E-state index is 13.5. The van der Waals surface area contributed by atoms with Crippen molar-refractivity contribution in [2.75, 3.05) is 47.3 Å². The standard InChI is InChI=1S/C16H20F4O4.C9H13F3O3.C7H7FO.C5H5F3O3.C4H8O.C4H7.Al.4ClH.Mg/c1-5-24-13(21)15(22,16(18,19)20)9-14(2,3)11-8-10(17)6-7-12(11)23-4;1-4-15-7(13)8(14,5-6(2)3)9(10,11)12;1-9-7-4-2-6(8)3-5-7;1-2-11-4(10)3(9)5(6,7)8;1-2-4-5-3-1;1-4(2)3;;;;;;/h6-8,22H,5,9H2,1-4H3;14H,2,4-5H2,1,3H3;2-5H,1H3;2H2,1H3;1-4H2;1-2H2,3H3;;4*1H;/q;;;;;-1;+3;;;;;+2/p-4. The number of aliphatic hydroxyl groups is 2. The van der Waals surface area contributed by atoms with E-state index < -0.39 is 88.9 Å². The zero-order valence-electron chi connectivity index (χ0n) is 42.0. The quantitative estimate of drug-likeness (QED) is 0.0377. The molecule has 1 aliphatic rings. The minimum atomic E-state index is -5.25. The number of Topliss-reactive ketones (excluding diaryl/α,β-unsaturated/α-hetero) is 1. The van der Waals surface area contributed by atoms with Crippen LogP contribution in [0.25, 0.3) is 0 Å². The molecular weight excluding hydrogens is 1130 g/mol. The van der Waals surface area contributed by atoms with Crippen molar-refractivity contribution < 1.29 is 119 Å². The van der Waals surface area contributed by atoms with Gasteiger partial charge in [-0.15, -0.1) is 6.58 Å². The fraction of sp³-hybridized carbons (Fsp3) is 0.533. The van der Waals surface area contributed by atoms with Crippen LogP contribution >= 0.6 is 30.1 Å². The van der Waals surface area contributed by atoms with Crippen LogP contribution < -0.4 is 21.9 Å². The molecule has 0 aliphatic carbocycles. The molecule has 422 valence electrons. The summed E-state index contributed by atoms with van der Waals surface area (Å²) in [5.41, 5.74) is -7.59. The maximum Gasteiger partial charge on any atom is 2.00 e. The molecule has 29 heteroatoms. The largest absolute Gasteiger partial charge is 2.00 e. The van der Waals surface area contributed by atoms with Crippen LogP contribution in [0.1, 0.15) is 79.7 Å². The van der Waals surface area contributed by atoms with E-state index in [1.165, 1.54) is 79.7 Å². The summed E-state index contributed by atoms with van der Waals surface area (Å²) in [5, 5.41) is 19.3. The van der Waals surface area contributed by atoms with E-state index in [0.29, 0.717) is 5.75 Å². The van der Waals surface area contributed by atoms with E-state index in [4.69, 9.17) is 44.4 Å². The van der Waals surface area contributed by atoms with Gasteiger partial charge in [-0.1, -0.05) is 26.3 Å². The predicted octanol–water partition coefficient (Wildman–Crippen LogP) is 8.19. The van der Waals surface area contributed by atoms with Crippen LogP contribution in [-0.2, 0) is 43.5 Å². The second-order valence-corrected chi connectivity index (χ2v) is 21.4. The molecule has 0 saturated carbocycles. The number of methoxy groups -OCH3 is 2. The average molecular weight is 1200 g/mol. The van der Waals surface area contributed by atoms with Crippen LogP contribution in [-0.4, -0.2) is 145 Å². The number of carbonyl (C=O) groups is 4. The van der Waals surface area contributed by atoms with Crippen LogP contribution in [0.15, 0.2) is 66.8 Å². The minimum Gasteiger partial charge on any atom is -1.00 e. The third kappa shape index (κ3) is 35.4. The van der Waals surface area contributed by atoms with Crippen LogP contribution in [0.2, 0.25) is 0 Å². The maximum absolute atomic E-state index is 13.5. The Kier molecular flexibility index (Phi) is 44.8. The number of esters is 3. The van der Waals surface area contributed by atoms with E-state index in [9.17, 15) is 77.7 Å². The van der Waals surface area contributed by atoms with Crippen LogP contribution in [0, 0.1) is 18.6 Å². The number of hydrogen-bond donors (Lipinski definition) is 2. The number of allylic oxidation sites excluding steroid dienone is 1. The summed E-state index contributed by atoms with van der Waals surface area (Å²) < 4.78 is 164. The molecule has 2 aromatic rings. The van der Waals surface area contributed by atoms with Gasteiger partial charge in [-0.3, -0.25) is 4.79 Å². The van der Waals surface area contributed by atoms with Gasteiger partial charge in [0.25, 0.3) is 11.2 Å². The van der Waals surface area contributed by atoms with E-state index in [0.717, 1.165) is 30.9 Å². The molecule has 0 bridgehead atoms. The van der Waals surface area contributed by atoms with E-state index in [1.807, 2.05) is 6.92 Å². The Bertz CT molecular complexity index is 1930. The van der Waals surface area contributed by atoms with Gasteiger partial charge in [0.1, 0.15) is 23.1 Å². The fourth-order valence-corrected chi connectivity index (χ4v) is 4.85. The smallest absolute Gasteiger partial charge is 1.00 e. The molecule has 0 amide bonds. The molecule has 1 heterocycles. The SMILES string of the molecule is C1CCOC1.C=C(C)CC(O)(C(=O)OCC)C(F)(F)F.C=C([CH2-])C.CCOC(=O)C(=O)C(F)(F)F.CCOC(=O)C(O)(CC(C)(C)c1cc(F)ccc1OC)C(F)(F)F.COc1ccc(F)cc1.[Cl-].[Cl][Al]([Cl])[Cl].[Mg+2]. The number of alkyl halides is 9. The van der Waals surface area contributed by atoms with Gasteiger partial charge in [-0.05, 0) is 88.4 Å². The molecule has 1 fully saturated rings. The minimum absolute atomic E-state index is 0. The summed E-state index contributed by atoms with van der Waals surface area (Å²) in [7, 11) is 17.7. The van der Waals surface area contributed by atoms with E-state index in [1.54, 1.807) is 19.2 Å². The first kappa shape index (κ1) is 82.4. The number of ketones is 1. The second-order valence-electron chi connectivity index (χ2n) is 14.9. The molecule has 1 saturated heterocycles. The van der Waals surface area contributed by atoms with Crippen LogP contribution in [0.4, 0.5) is 48.3 Å². The summed E-state index contributed by atoms with van der Waals surface area (Å²) >= 11 is -1.72. The summed E-state index contributed by atoms with van der Waals surface area (Å²) in [6.07, 6.45) is -14.8. The molecule has 2 atom stereocenters. The third-order valence-corrected chi connectivity index (χ3v) is 7.91. The zero-order valence-corrected chi connectivity index (χ0v) is 47.6. The molecule has 0 radical (unpaired) electrons. The monoisotopic (exact) mass is 1190 g/mol. The molecule has 0 spiro atoms. The Hall–Kier alpha value is -2.96. The number of carbonyl (C=O) groups excluding carboxylic acids is 4. The molecule has 2 unspecified atom stereocenters. The van der Waals surface area contributed by atoms with Gasteiger partial charge in [0.05, 0.1) is 34.0 Å². The van der Waals surface area contributed by atoms with Gasteiger partial charge in [0.2, 0.25) is 0 Å². The Balaban J connectivity index is -0.000000199. The number of rotatable bonds is 13. The van der Waals surface area contributed by atoms with Gasteiger partial charge < -0.3 is 51.0 Å². The first-order chi connectivity index (χ1) is 32.7. The van der Waals surface area contributed by atoms with E-state index in [2.05, 4.69) is 34.3 Å².